The zero-order chi connectivity index (χ0) is 13.3. The Balaban J connectivity index is 2.33. The second kappa shape index (κ2) is 5.28. The first-order chi connectivity index (χ1) is 8.38. The van der Waals surface area contributed by atoms with Gasteiger partial charge in [-0.05, 0) is 57.0 Å². The molecule has 0 amide bonds. The van der Waals surface area contributed by atoms with Crippen LogP contribution in [0.15, 0.2) is 37.7 Å². The molecule has 2 heterocycles. The average Bonchev–Trinajstić information content (AvgIpc) is 2.62. The molecular weight excluding hydrogens is 404 g/mol. The van der Waals surface area contributed by atoms with Gasteiger partial charge in [0.25, 0.3) is 10.0 Å². The third-order valence-corrected chi connectivity index (χ3v) is 5.77. The summed E-state index contributed by atoms with van der Waals surface area (Å²) in [7, 11) is -3.56. The summed E-state index contributed by atoms with van der Waals surface area (Å²) in [6.07, 6.45) is 1.46. The monoisotopic (exact) mass is 410 g/mol. The highest BCUT2D eigenvalue weighted by atomic mass is 79.9. The number of aryl methyl sites for hydroxylation is 1. The van der Waals surface area contributed by atoms with Crippen molar-refractivity contribution in [2.24, 2.45) is 0 Å². The number of thiophene rings is 1. The molecule has 0 saturated carbocycles. The number of aromatic nitrogens is 1. The Bertz CT molecular complexity index is 666. The van der Waals surface area contributed by atoms with E-state index in [9.17, 15) is 8.42 Å². The predicted octanol–water partition coefficient (Wildman–Crippen LogP) is 3.78. The van der Waals surface area contributed by atoms with Crippen molar-refractivity contribution >= 4 is 58.9 Å². The van der Waals surface area contributed by atoms with E-state index in [0.29, 0.717) is 10.3 Å². The maximum atomic E-state index is 12.2. The van der Waals surface area contributed by atoms with Crippen molar-refractivity contribution in [2.75, 3.05) is 4.72 Å². The normalized spacial score (nSPS) is 11.5. The molecule has 0 unspecified atom stereocenters. The van der Waals surface area contributed by atoms with E-state index in [0.717, 1.165) is 8.66 Å². The van der Waals surface area contributed by atoms with E-state index in [1.807, 2.05) is 0 Å². The Morgan fingerprint density at radius 3 is 2.56 bits per heavy atom. The molecule has 0 bridgehead atoms. The zero-order valence-corrected chi connectivity index (χ0v) is 14.0. The van der Waals surface area contributed by atoms with Gasteiger partial charge in [0.05, 0.1) is 15.7 Å². The molecule has 0 aliphatic rings. The number of pyridine rings is 1. The largest absolute Gasteiger partial charge is 0.278 e. The molecule has 0 aliphatic carbocycles. The second-order valence-corrected chi connectivity index (χ2v) is 8.54. The van der Waals surface area contributed by atoms with E-state index >= 15 is 0 Å². The summed E-state index contributed by atoms with van der Waals surface area (Å²) in [6.45, 7) is 1.77. The van der Waals surface area contributed by atoms with Gasteiger partial charge in [-0.15, -0.1) is 11.3 Å². The van der Waals surface area contributed by atoms with Gasteiger partial charge >= 0.3 is 0 Å². The van der Waals surface area contributed by atoms with Gasteiger partial charge in [0.1, 0.15) is 9.50 Å². The van der Waals surface area contributed by atoms with Gasteiger partial charge in [-0.25, -0.2) is 13.4 Å². The molecule has 96 valence electrons. The minimum Gasteiger partial charge on any atom is -0.278 e. The van der Waals surface area contributed by atoms with Crippen LogP contribution in [-0.2, 0) is 10.0 Å². The van der Waals surface area contributed by atoms with Crippen molar-refractivity contribution in [3.63, 3.8) is 0 Å². The fraction of sp³-hybridized carbons (Fsp3) is 0.100. The van der Waals surface area contributed by atoms with Gasteiger partial charge in [-0.3, -0.25) is 4.72 Å². The molecule has 0 spiro atoms. The lowest BCUT2D eigenvalue weighted by atomic mass is 10.4. The maximum absolute atomic E-state index is 12.2. The Hall–Kier alpha value is -0.440. The third kappa shape index (κ3) is 3.11. The van der Waals surface area contributed by atoms with E-state index in [1.165, 1.54) is 17.5 Å². The highest BCUT2D eigenvalue weighted by molar-refractivity contribution is 9.11. The fourth-order valence-corrected chi connectivity index (χ4v) is 5.04. The first-order valence-electron chi connectivity index (χ1n) is 4.79. The Morgan fingerprint density at radius 1 is 1.33 bits per heavy atom. The molecule has 0 aliphatic heterocycles. The summed E-state index contributed by atoms with van der Waals surface area (Å²) >= 11 is 7.85. The van der Waals surface area contributed by atoms with Crippen molar-refractivity contribution in [3.05, 3.63) is 37.7 Å². The molecule has 2 aromatic heterocycles. The number of rotatable bonds is 3. The van der Waals surface area contributed by atoms with Crippen molar-refractivity contribution in [2.45, 2.75) is 11.8 Å². The molecule has 4 nitrogen and oxygen atoms in total. The number of nitrogens with one attached hydrogen (secondary N) is 1. The van der Waals surface area contributed by atoms with Gasteiger partial charge in [0.15, 0.2) is 0 Å². The number of halogens is 2. The second-order valence-electron chi connectivity index (χ2n) is 3.45. The first-order valence-corrected chi connectivity index (χ1v) is 8.67. The van der Waals surface area contributed by atoms with Crippen LogP contribution in [0, 0.1) is 6.92 Å². The molecule has 0 fully saturated rings. The van der Waals surface area contributed by atoms with E-state index in [2.05, 4.69) is 41.6 Å². The number of anilines is 1. The Kier molecular flexibility index (Phi) is 4.10. The minimum atomic E-state index is -3.56. The molecule has 1 N–H and O–H groups in total. The van der Waals surface area contributed by atoms with Crippen LogP contribution in [0.4, 0.5) is 5.69 Å². The van der Waals surface area contributed by atoms with Gasteiger partial charge in [0.2, 0.25) is 0 Å². The van der Waals surface area contributed by atoms with Gasteiger partial charge in [-0.2, -0.15) is 0 Å². The summed E-state index contributed by atoms with van der Waals surface area (Å²) < 4.78 is 28.2. The number of hydrogen-bond acceptors (Lipinski definition) is 4. The van der Waals surface area contributed by atoms with Crippen molar-refractivity contribution in [1.82, 2.24) is 4.98 Å². The van der Waals surface area contributed by atoms with Crippen LogP contribution in [0.25, 0.3) is 0 Å². The van der Waals surface area contributed by atoms with Crippen molar-refractivity contribution in [1.29, 1.82) is 0 Å². The lowest BCUT2D eigenvalue weighted by molar-refractivity contribution is 0.601. The molecule has 2 rings (SSSR count). The van der Waals surface area contributed by atoms with E-state index < -0.39 is 10.0 Å². The minimum absolute atomic E-state index is 0.280. The molecule has 0 saturated heterocycles. The van der Waals surface area contributed by atoms with Gasteiger partial charge in [-0.1, -0.05) is 0 Å². The summed E-state index contributed by atoms with van der Waals surface area (Å²) in [6, 6.07) is 4.91. The van der Waals surface area contributed by atoms with Crippen molar-refractivity contribution in [3.8, 4) is 0 Å². The van der Waals surface area contributed by atoms with Crippen LogP contribution in [0.3, 0.4) is 0 Å². The summed E-state index contributed by atoms with van der Waals surface area (Å²) in [5.74, 6) is 0. The smallest absolute Gasteiger partial charge is 0.263 e. The first kappa shape index (κ1) is 14.0. The number of nitrogens with zero attached hydrogens (tertiary/aromatic N) is 1. The molecule has 0 radical (unpaired) electrons. The SMILES string of the molecule is Cc1sc(Br)cc1S(=O)(=O)Nc1ccc(Br)nc1. The Labute approximate surface area is 126 Å². The predicted molar refractivity (Wildman–Crippen MR) is 79.5 cm³/mol. The maximum Gasteiger partial charge on any atom is 0.263 e. The fourth-order valence-electron chi connectivity index (χ4n) is 1.34. The van der Waals surface area contributed by atoms with Crippen LogP contribution >= 0.6 is 43.2 Å². The highest BCUT2D eigenvalue weighted by Crippen LogP contribution is 2.30. The topological polar surface area (TPSA) is 59.1 Å². The Morgan fingerprint density at radius 2 is 2.06 bits per heavy atom. The van der Waals surface area contributed by atoms with Gasteiger partial charge in [0, 0.05) is 4.88 Å². The summed E-state index contributed by atoms with van der Waals surface area (Å²) in [5, 5.41) is 0. The van der Waals surface area contributed by atoms with E-state index in [1.54, 1.807) is 25.1 Å². The van der Waals surface area contributed by atoms with Crippen molar-refractivity contribution < 1.29 is 8.42 Å². The molecule has 8 heteroatoms. The third-order valence-electron chi connectivity index (χ3n) is 2.11. The van der Waals surface area contributed by atoms with Crippen LogP contribution in [0.2, 0.25) is 0 Å². The molecule has 0 atom stereocenters. The standard InChI is InChI=1S/C10H8Br2N2O2S2/c1-6-8(4-10(12)17-6)18(15,16)14-7-2-3-9(11)13-5-7/h2-5,14H,1H3. The lowest BCUT2D eigenvalue weighted by Crippen LogP contribution is -2.13. The summed E-state index contributed by atoms with van der Waals surface area (Å²) in [4.78, 5) is 4.98. The lowest BCUT2D eigenvalue weighted by Gasteiger charge is -2.06. The summed E-state index contributed by atoms with van der Waals surface area (Å²) in [5.41, 5.74) is 0.430. The van der Waals surface area contributed by atoms with Crippen LogP contribution < -0.4 is 4.72 Å². The van der Waals surface area contributed by atoms with Crippen LogP contribution in [-0.4, -0.2) is 13.4 Å². The molecule has 0 aromatic carbocycles. The average molecular weight is 412 g/mol. The number of sulfonamides is 1. The quantitative estimate of drug-likeness (QED) is 0.781. The van der Waals surface area contributed by atoms with E-state index in [-0.39, 0.29) is 4.90 Å². The van der Waals surface area contributed by atoms with E-state index in [4.69, 9.17) is 0 Å². The van der Waals surface area contributed by atoms with Crippen LogP contribution in [0.1, 0.15) is 4.88 Å². The molecule has 18 heavy (non-hydrogen) atoms. The van der Waals surface area contributed by atoms with Crippen LogP contribution in [0.5, 0.6) is 0 Å². The molecular formula is C10H8Br2N2O2S2. The van der Waals surface area contributed by atoms with Gasteiger partial charge < -0.3 is 0 Å². The molecule has 2 aromatic rings. The zero-order valence-electron chi connectivity index (χ0n) is 9.15. The number of hydrogen-bond donors (Lipinski definition) is 1. The highest BCUT2D eigenvalue weighted by Gasteiger charge is 2.19.